The SMILES string of the molecule is CCc1ccc(-c2nn(Cc3ccccc3)cc2C(=O)O)cc1. The first-order valence-corrected chi connectivity index (χ1v) is 7.61. The first-order chi connectivity index (χ1) is 11.2. The Bertz CT molecular complexity index is 805. The van der Waals surface area contributed by atoms with Gasteiger partial charge >= 0.3 is 5.97 Å². The largest absolute Gasteiger partial charge is 0.478 e. The molecule has 0 fully saturated rings. The third kappa shape index (κ3) is 3.31. The molecule has 1 heterocycles. The Hall–Kier alpha value is -2.88. The zero-order valence-corrected chi connectivity index (χ0v) is 12.9. The first kappa shape index (κ1) is 15.0. The highest BCUT2D eigenvalue weighted by atomic mass is 16.4. The summed E-state index contributed by atoms with van der Waals surface area (Å²) in [6.45, 7) is 2.64. The fourth-order valence-corrected chi connectivity index (χ4v) is 2.54. The van der Waals surface area contributed by atoms with E-state index in [0.29, 0.717) is 12.2 Å². The van der Waals surface area contributed by atoms with Gasteiger partial charge in [-0.3, -0.25) is 4.68 Å². The molecule has 0 atom stereocenters. The molecule has 0 amide bonds. The molecule has 0 spiro atoms. The second-order valence-electron chi connectivity index (χ2n) is 5.43. The molecule has 0 saturated carbocycles. The molecule has 0 aliphatic carbocycles. The molecule has 3 aromatic rings. The molecule has 0 unspecified atom stereocenters. The average Bonchev–Trinajstić information content (AvgIpc) is 3.00. The van der Waals surface area contributed by atoms with E-state index in [9.17, 15) is 9.90 Å². The van der Waals surface area contributed by atoms with Gasteiger partial charge in [0.25, 0.3) is 0 Å². The van der Waals surface area contributed by atoms with Gasteiger partial charge in [0.15, 0.2) is 0 Å². The van der Waals surface area contributed by atoms with Gasteiger partial charge in [0.05, 0.1) is 6.54 Å². The first-order valence-electron chi connectivity index (χ1n) is 7.61. The van der Waals surface area contributed by atoms with Crippen LogP contribution in [0.3, 0.4) is 0 Å². The van der Waals surface area contributed by atoms with Crippen LogP contribution in [0.25, 0.3) is 11.3 Å². The standard InChI is InChI=1S/C19H18N2O2/c1-2-14-8-10-16(11-9-14)18-17(19(22)23)13-21(20-18)12-15-6-4-3-5-7-15/h3-11,13H,2,12H2,1H3,(H,22,23). The smallest absolute Gasteiger partial charge is 0.339 e. The third-order valence-electron chi connectivity index (χ3n) is 3.82. The number of aromatic nitrogens is 2. The third-order valence-corrected chi connectivity index (χ3v) is 3.82. The predicted octanol–water partition coefficient (Wildman–Crippen LogP) is 3.86. The normalized spacial score (nSPS) is 10.7. The van der Waals surface area contributed by atoms with Crippen LogP contribution in [0.1, 0.15) is 28.4 Å². The summed E-state index contributed by atoms with van der Waals surface area (Å²) < 4.78 is 1.68. The van der Waals surface area contributed by atoms with Crippen molar-refractivity contribution >= 4 is 5.97 Å². The zero-order valence-electron chi connectivity index (χ0n) is 12.9. The summed E-state index contributed by atoms with van der Waals surface area (Å²) in [5, 5.41) is 13.9. The molecule has 116 valence electrons. The zero-order chi connectivity index (χ0) is 16.2. The van der Waals surface area contributed by atoms with Gasteiger partial charge in [-0.1, -0.05) is 61.5 Å². The predicted molar refractivity (Wildman–Crippen MR) is 89.5 cm³/mol. The Kier molecular flexibility index (Phi) is 4.24. The lowest BCUT2D eigenvalue weighted by Gasteiger charge is -2.02. The molecule has 0 bridgehead atoms. The molecular formula is C19H18N2O2. The van der Waals surface area contributed by atoms with E-state index in [1.54, 1.807) is 10.9 Å². The molecule has 0 saturated heterocycles. The molecule has 0 aliphatic rings. The topological polar surface area (TPSA) is 55.1 Å². The number of rotatable bonds is 5. The number of aromatic carboxylic acids is 1. The monoisotopic (exact) mass is 306 g/mol. The summed E-state index contributed by atoms with van der Waals surface area (Å²) in [5.41, 5.74) is 3.86. The van der Waals surface area contributed by atoms with Crippen molar-refractivity contribution < 1.29 is 9.90 Å². The van der Waals surface area contributed by atoms with E-state index in [2.05, 4.69) is 12.0 Å². The summed E-state index contributed by atoms with van der Waals surface area (Å²) in [6, 6.07) is 17.8. The van der Waals surface area contributed by atoms with Crippen LogP contribution in [0.2, 0.25) is 0 Å². The maximum atomic E-state index is 11.5. The van der Waals surface area contributed by atoms with Crippen molar-refractivity contribution in [3.05, 3.63) is 77.5 Å². The molecule has 3 rings (SSSR count). The number of benzene rings is 2. The second kappa shape index (κ2) is 6.48. The van der Waals surface area contributed by atoms with E-state index in [0.717, 1.165) is 17.5 Å². The highest BCUT2D eigenvalue weighted by Gasteiger charge is 2.17. The van der Waals surface area contributed by atoms with Crippen molar-refractivity contribution in [1.82, 2.24) is 9.78 Å². The van der Waals surface area contributed by atoms with Crippen molar-refractivity contribution in [2.45, 2.75) is 19.9 Å². The van der Waals surface area contributed by atoms with E-state index in [4.69, 9.17) is 0 Å². The van der Waals surface area contributed by atoms with Crippen LogP contribution in [0.15, 0.2) is 60.8 Å². The molecule has 1 N–H and O–H groups in total. The van der Waals surface area contributed by atoms with E-state index in [1.165, 1.54) is 5.56 Å². The van der Waals surface area contributed by atoms with Gasteiger partial charge in [0.1, 0.15) is 11.3 Å². The van der Waals surface area contributed by atoms with Gasteiger partial charge in [-0.25, -0.2) is 4.79 Å². The number of nitrogens with zero attached hydrogens (tertiary/aromatic N) is 2. The molecule has 4 nitrogen and oxygen atoms in total. The minimum atomic E-state index is -0.959. The number of carbonyl (C=O) groups is 1. The molecule has 2 aromatic carbocycles. The molecular weight excluding hydrogens is 288 g/mol. The van der Waals surface area contributed by atoms with Crippen LogP contribution in [0.4, 0.5) is 0 Å². The van der Waals surface area contributed by atoms with Crippen LogP contribution in [0.5, 0.6) is 0 Å². The van der Waals surface area contributed by atoms with E-state index >= 15 is 0 Å². The van der Waals surface area contributed by atoms with Crippen LogP contribution < -0.4 is 0 Å². The number of carboxylic acids is 1. The highest BCUT2D eigenvalue weighted by molar-refractivity contribution is 5.94. The summed E-state index contributed by atoms with van der Waals surface area (Å²) in [6.07, 6.45) is 2.55. The lowest BCUT2D eigenvalue weighted by atomic mass is 10.1. The minimum Gasteiger partial charge on any atom is -0.478 e. The van der Waals surface area contributed by atoms with Crippen molar-refractivity contribution in [1.29, 1.82) is 0 Å². The van der Waals surface area contributed by atoms with Crippen molar-refractivity contribution in [3.8, 4) is 11.3 Å². The number of aryl methyl sites for hydroxylation is 1. The summed E-state index contributed by atoms with van der Waals surface area (Å²) >= 11 is 0. The van der Waals surface area contributed by atoms with Crippen molar-refractivity contribution in [2.24, 2.45) is 0 Å². The van der Waals surface area contributed by atoms with E-state index < -0.39 is 5.97 Å². The van der Waals surface area contributed by atoms with Crippen molar-refractivity contribution in [3.63, 3.8) is 0 Å². The van der Waals surface area contributed by atoms with Gasteiger partial charge in [-0.15, -0.1) is 0 Å². The highest BCUT2D eigenvalue weighted by Crippen LogP contribution is 2.23. The number of hydrogen-bond acceptors (Lipinski definition) is 2. The lowest BCUT2D eigenvalue weighted by Crippen LogP contribution is -2.00. The fourth-order valence-electron chi connectivity index (χ4n) is 2.54. The Morgan fingerprint density at radius 2 is 1.74 bits per heavy atom. The Morgan fingerprint density at radius 3 is 2.35 bits per heavy atom. The molecule has 4 heteroatoms. The maximum Gasteiger partial charge on any atom is 0.339 e. The van der Waals surface area contributed by atoms with Gasteiger partial charge in [-0.2, -0.15) is 5.10 Å². The maximum absolute atomic E-state index is 11.5. The number of hydrogen-bond donors (Lipinski definition) is 1. The Labute approximate surface area is 135 Å². The van der Waals surface area contributed by atoms with Crippen LogP contribution in [-0.4, -0.2) is 20.9 Å². The fraction of sp³-hybridized carbons (Fsp3) is 0.158. The Balaban J connectivity index is 1.96. The Morgan fingerprint density at radius 1 is 1.04 bits per heavy atom. The summed E-state index contributed by atoms with van der Waals surface area (Å²) in [4.78, 5) is 11.5. The second-order valence-corrected chi connectivity index (χ2v) is 5.43. The summed E-state index contributed by atoms with van der Waals surface area (Å²) in [7, 11) is 0. The van der Waals surface area contributed by atoms with E-state index in [1.807, 2.05) is 54.6 Å². The quantitative estimate of drug-likeness (QED) is 0.778. The van der Waals surface area contributed by atoms with Gasteiger partial charge in [0.2, 0.25) is 0 Å². The average molecular weight is 306 g/mol. The molecule has 0 aliphatic heterocycles. The molecule has 0 radical (unpaired) electrons. The molecule has 1 aromatic heterocycles. The lowest BCUT2D eigenvalue weighted by molar-refractivity contribution is 0.0697. The van der Waals surface area contributed by atoms with Gasteiger partial charge in [0, 0.05) is 11.8 Å². The summed E-state index contributed by atoms with van der Waals surface area (Å²) in [5.74, 6) is -0.959. The van der Waals surface area contributed by atoms with Crippen molar-refractivity contribution in [2.75, 3.05) is 0 Å². The van der Waals surface area contributed by atoms with Crippen LogP contribution >= 0.6 is 0 Å². The van der Waals surface area contributed by atoms with Gasteiger partial charge < -0.3 is 5.11 Å². The van der Waals surface area contributed by atoms with Crippen LogP contribution in [-0.2, 0) is 13.0 Å². The molecule has 23 heavy (non-hydrogen) atoms. The minimum absolute atomic E-state index is 0.227. The van der Waals surface area contributed by atoms with Gasteiger partial charge in [-0.05, 0) is 17.5 Å². The number of carboxylic acid groups (broad SMARTS) is 1. The van der Waals surface area contributed by atoms with Crippen LogP contribution in [0, 0.1) is 0 Å². The van der Waals surface area contributed by atoms with E-state index in [-0.39, 0.29) is 5.56 Å².